The van der Waals surface area contributed by atoms with Gasteiger partial charge >= 0.3 is 0 Å². The van der Waals surface area contributed by atoms with Gasteiger partial charge in [-0.1, -0.05) is 6.07 Å². The topological polar surface area (TPSA) is 49.3 Å². The van der Waals surface area contributed by atoms with Crippen molar-refractivity contribution in [3.05, 3.63) is 46.2 Å². The van der Waals surface area contributed by atoms with Gasteiger partial charge in [0.2, 0.25) is 0 Å². The highest BCUT2D eigenvalue weighted by molar-refractivity contribution is 7.08. The van der Waals surface area contributed by atoms with E-state index in [9.17, 15) is 9.90 Å². The van der Waals surface area contributed by atoms with Crippen LogP contribution in [0.15, 0.2) is 35.0 Å². The largest absolute Gasteiger partial charge is 0.508 e. The molecule has 0 radical (unpaired) electrons. The zero-order valence-electron chi connectivity index (χ0n) is 8.73. The number of hydrogen-bond acceptors (Lipinski definition) is 3. The molecule has 0 saturated heterocycles. The number of amides is 1. The fraction of sp³-hybridized carbons (Fsp3) is 0.0833. The van der Waals surface area contributed by atoms with Gasteiger partial charge in [0, 0.05) is 16.6 Å². The number of anilines is 1. The molecule has 1 heterocycles. The zero-order chi connectivity index (χ0) is 11.5. The molecular weight excluding hydrogens is 222 g/mol. The standard InChI is InChI=1S/C12H11NO2S/c1-8-10(3-2-4-11(8)14)13-12(15)9-5-6-16-7-9/h2-7,14H,1H3,(H,13,15). The van der Waals surface area contributed by atoms with Crippen molar-refractivity contribution in [1.82, 2.24) is 0 Å². The fourth-order valence-electron chi connectivity index (χ4n) is 1.35. The molecule has 0 spiro atoms. The van der Waals surface area contributed by atoms with Crippen LogP contribution in [0.25, 0.3) is 0 Å². The number of benzene rings is 1. The van der Waals surface area contributed by atoms with Gasteiger partial charge in [-0.3, -0.25) is 4.79 Å². The van der Waals surface area contributed by atoms with E-state index in [2.05, 4.69) is 5.32 Å². The molecule has 0 atom stereocenters. The Labute approximate surface area is 97.4 Å². The van der Waals surface area contributed by atoms with Gasteiger partial charge in [0.05, 0.1) is 5.56 Å². The molecule has 0 aliphatic rings. The van der Waals surface area contributed by atoms with Crippen molar-refractivity contribution in [3.8, 4) is 5.75 Å². The monoisotopic (exact) mass is 233 g/mol. The minimum absolute atomic E-state index is 0.157. The van der Waals surface area contributed by atoms with E-state index in [0.29, 0.717) is 16.8 Å². The Balaban J connectivity index is 2.22. The second-order valence-corrected chi connectivity index (χ2v) is 4.20. The summed E-state index contributed by atoms with van der Waals surface area (Å²) in [5.41, 5.74) is 1.94. The van der Waals surface area contributed by atoms with E-state index in [-0.39, 0.29) is 11.7 Å². The van der Waals surface area contributed by atoms with Gasteiger partial charge in [0.25, 0.3) is 5.91 Å². The van der Waals surface area contributed by atoms with Crippen molar-refractivity contribution in [2.24, 2.45) is 0 Å². The molecule has 1 amide bonds. The van der Waals surface area contributed by atoms with Crippen molar-refractivity contribution in [3.63, 3.8) is 0 Å². The Morgan fingerprint density at radius 1 is 1.38 bits per heavy atom. The predicted molar refractivity (Wildman–Crippen MR) is 65.1 cm³/mol. The molecule has 0 bridgehead atoms. The van der Waals surface area contributed by atoms with E-state index in [1.807, 2.05) is 5.38 Å². The van der Waals surface area contributed by atoms with Crippen molar-refractivity contribution >= 4 is 22.9 Å². The number of carbonyl (C=O) groups is 1. The summed E-state index contributed by atoms with van der Waals surface area (Å²) in [6.07, 6.45) is 0. The molecule has 0 fully saturated rings. The van der Waals surface area contributed by atoms with Crippen LogP contribution >= 0.6 is 11.3 Å². The van der Waals surface area contributed by atoms with Gasteiger partial charge < -0.3 is 10.4 Å². The first-order valence-electron chi connectivity index (χ1n) is 4.80. The summed E-state index contributed by atoms with van der Waals surface area (Å²) in [5.74, 6) is 0.0260. The van der Waals surface area contributed by atoms with Crippen LogP contribution in [-0.4, -0.2) is 11.0 Å². The summed E-state index contributed by atoms with van der Waals surface area (Å²) in [7, 11) is 0. The summed E-state index contributed by atoms with van der Waals surface area (Å²) in [6, 6.07) is 6.82. The minimum atomic E-state index is -0.157. The number of nitrogens with one attached hydrogen (secondary N) is 1. The van der Waals surface area contributed by atoms with Gasteiger partial charge in [-0.25, -0.2) is 0 Å². The highest BCUT2D eigenvalue weighted by atomic mass is 32.1. The molecule has 0 aliphatic heterocycles. The zero-order valence-corrected chi connectivity index (χ0v) is 9.54. The Morgan fingerprint density at radius 2 is 2.19 bits per heavy atom. The first kappa shape index (κ1) is 10.7. The van der Waals surface area contributed by atoms with E-state index >= 15 is 0 Å². The molecule has 1 aromatic carbocycles. The van der Waals surface area contributed by atoms with Crippen LogP contribution in [0.5, 0.6) is 5.75 Å². The van der Waals surface area contributed by atoms with E-state index < -0.39 is 0 Å². The predicted octanol–water partition coefficient (Wildman–Crippen LogP) is 3.01. The maximum Gasteiger partial charge on any atom is 0.256 e. The molecule has 0 unspecified atom stereocenters. The van der Waals surface area contributed by atoms with E-state index in [0.717, 1.165) is 0 Å². The molecule has 0 aliphatic carbocycles. The smallest absolute Gasteiger partial charge is 0.256 e. The van der Waals surface area contributed by atoms with E-state index in [1.165, 1.54) is 11.3 Å². The average Bonchev–Trinajstić information content (AvgIpc) is 2.78. The van der Waals surface area contributed by atoms with Crippen LogP contribution in [0.3, 0.4) is 0 Å². The van der Waals surface area contributed by atoms with Gasteiger partial charge in [-0.15, -0.1) is 0 Å². The second kappa shape index (κ2) is 4.37. The number of thiophene rings is 1. The quantitative estimate of drug-likeness (QED) is 0.837. The molecule has 16 heavy (non-hydrogen) atoms. The first-order chi connectivity index (χ1) is 7.68. The van der Waals surface area contributed by atoms with Crippen LogP contribution in [-0.2, 0) is 0 Å². The molecule has 2 aromatic rings. The Kier molecular flexibility index (Phi) is 2.92. The minimum Gasteiger partial charge on any atom is -0.508 e. The Morgan fingerprint density at radius 3 is 2.88 bits per heavy atom. The summed E-state index contributed by atoms with van der Waals surface area (Å²) in [6.45, 7) is 1.76. The third-order valence-electron chi connectivity index (χ3n) is 2.34. The van der Waals surface area contributed by atoms with Gasteiger partial charge in [0.15, 0.2) is 0 Å². The molecule has 2 N–H and O–H groups in total. The number of phenols is 1. The molecule has 4 heteroatoms. The van der Waals surface area contributed by atoms with Crippen LogP contribution in [0.4, 0.5) is 5.69 Å². The lowest BCUT2D eigenvalue weighted by Crippen LogP contribution is -2.11. The van der Waals surface area contributed by atoms with Crippen LogP contribution < -0.4 is 5.32 Å². The maximum absolute atomic E-state index is 11.8. The van der Waals surface area contributed by atoms with Gasteiger partial charge in [-0.05, 0) is 30.5 Å². The highest BCUT2D eigenvalue weighted by Gasteiger charge is 2.09. The average molecular weight is 233 g/mol. The SMILES string of the molecule is Cc1c(O)cccc1NC(=O)c1ccsc1. The summed E-state index contributed by atoms with van der Waals surface area (Å²) in [4.78, 5) is 11.8. The summed E-state index contributed by atoms with van der Waals surface area (Å²) < 4.78 is 0. The van der Waals surface area contributed by atoms with Crippen molar-refractivity contribution in [2.45, 2.75) is 6.92 Å². The second-order valence-electron chi connectivity index (χ2n) is 3.42. The molecule has 0 saturated carbocycles. The lowest BCUT2D eigenvalue weighted by atomic mass is 10.1. The van der Waals surface area contributed by atoms with Gasteiger partial charge in [-0.2, -0.15) is 11.3 Å². The van der Waals surface area contributed by atoms with E-state index in [1.54, 1.807) is 36.6 Å². The Hall–Kier alpha value is -1.81. The number of aromatic hydroxyl groups is 1. The van der Waals surface area contributed by atoms with Crippen molar-refractivity contribution in [2.75, 3.05) is 5.32 Å². The normalized spacial score (nSPS) is 10.1. The lowest BCUT2D eigenvalue weighted by Gasteiger charge is -2.08. The first-order valence-corrected chi connectivity index (χ1v) is 5.75. The number of rotatable bonds is 2. The fourth-order valence-corrected chi connectivity index (χ4v) is 1.98. The molecule has 3 nitrogen and oxygen atoms in total. The van der Waals surface area contributed by atoms with Crippen LogP contribution in [0.2, 0.25) is 0 Å². The van der Waals surface area contributed by atoms with Crippen molar-refractivity contribution in [1.29, 1.82) is 0 Å². The molecular formula is C12H11NO2S. The lowest BCUT2D eigenvalue weighted by molar-refractivity contribution is 0.102. The number of carbonyl (C=O) groups excluding carboxylic acids is 1. The molecule has 82 valence electrons. The van der Waals surface area contributed by atoms with Crippen LogP contribution in [0.1, 0.15) is 15.9 Å². The van der Waals surface area contributed by atoms with Crippen LogP contribution in [0, 0.1) is 6.92 Å². The summed E-state index contributed by atoms with van der Waals surface area (Å²) in [5, 5.41) is 15.9. The van der Waals surface area contributed by atoms with Crippen molar-refractivity contribution < 1.29 is 9.90 Å². The maximum atomic E-state index is 11.8. The van der Waals surface area contributed by atoms with E-state index in [4.69, 9.17) is 0 Å². The molecule has 1 aromatic heterocycles. The van der Waals surface area contributed by atoms with Gasteiger partial charge in [0.1, 0.15) is 5.75 Å². The molecule has 2 rings (SSSR count). The number of phenolic OH excluding ortho intramolecular Hbond substituents is 1. The highest BCUT2D eigenvalue weighted by Crippen LogP contribution is 2.24. The third-order valence-corrected chi connectivity index (χ3v) is 3.02. The third kappa shape index (κ3) is 2.06. The Bertz CT molecular complexity index is 506. The summed E-state index contributed by atoms with van der Waals surface area (Å²) >= 11 is 1.48. The number of hydrogen-bond donors (Lipinski definition) is 2.